The van der Waals surface area contributed by atoms with Crippen LogP contribution in [0.25, 0.3) is 0 Å². The molecule has 1 aliphatic rings. The minimum absolute atomic E-state index is 0.417. The monoisotopic (exact) mass is 283 g/mol. The van der Waals surface area contributed by atoms with E-state index >= 15 is 0 Å². The minimum Gasteiger partial charge on any atom is -0.480 e. The van der Waals surface area contributed by atoms with Crippen LogP contribution >= 0.6 is 11.3 Å². The standard InChI is InChI=1S/C13H17NO4S/c15-7-9(13(17)18)14-12(16)11-6-8-4-2-1-3-5-10(8)19-11/h6,9,15H,1-5,7H2,(H,14,16)(H,17,18). The van der Waals surface area contributed by atoms with Crippen LogP contribution in [0.1, 0.15) is 39.4 Å². The van der Waals surface area contributed by atoms with Gasteiger partial charge in [0.15, 0.2) is 6.04 Å². The van der Waals surface area contributed by atoms with Gasteiger partial charge in [-0.05, 0) is 37.3 Å². The highest BCUT2D eigenvalue weighted by Gasteiger charge is 2.22. The zero-order chi connectivity index (χ0) is 13.8. The molecule has 1 atom stereocenters. The van der Waals surface area contributed by atoms with Crippen molar-refractivity contribution in [1.29, 1.82) is 0 Å². The second-order valence-corrected chi connectivity index (χ2v) is 5.80. The first-order chi connectivity index (χ1) is 9.11. The van der Waals surface area contributed by atoms with E-state index in [1.807, 2.05) is 6.07 Å². The fourth-order valence-electron chi connectivity index (χ4n) is 2.19. The summed E-state index contributed by atoms with van der Waals surface area (Å²) in [4.78, 5) is 24.5. The van der Waals surface area contributed by atoms with Crippen LogP contribution in [0.5, 0.6) is 0 Å². The molecule has 0 saturated heterocycles. The summed E-state index contributed by atoms with van der Waals surface area (Å²) in [6.07, 6.45) is 5.48. The number of hydrogen-bond acceptors (Lipinski definition) is 4. The van der Waals surface area contributed by atoms with Crippen molar-refractivity contribution in [2.45, 2.75) is 38.1 Å². The van der Waals surface area contributed by atoms with E-state index in [1.54, 1.807) is 0 Å². The Labute approximate surface area is 115 Å². The van der Waals surface area contributed by atoms with Gasteiger partial charge in [-0.3, -0.25) is 4.79 Å². The number of carbonyl (C=O) groups excluding carboxylic acids is 1. The Morgan fingerprint density at radius 1 is 1.32 bits per heavy atom. The molecular weight excluding hydrogens is 266 g/mol. The Hall–Kier alpha value is -1.40. The Kier molecular flexibility index (Phi) is 4.55. The number of thiophene rings is 1. The van der Waals surface area contributed by atoms with Gasteiger partial charge in [-0.1, -0.05) is 6.42 Å². The summed E-state index contributed by atoms with van der Waals surface area (Å²) < 4.78 is 0. The van der Waals surface area contributed by atoms with E-state index < -0.39 is 24.5 Å². The maximum absolute atomic E-state index is 11.9. The average Bonchev–Trinajstić information content (AvgIpc) is 2.67. The van der Waals surface area contributed by atoms with Crippen LogP contribution in [-0.2, 0) is 17.6 Å². The Morgan fingerprint density at radius 2 is 2.05 bits per heavy atom. The number of aliphatic hydroxyl groups is 1. The quantitative estimate of drug-likeness (QED) is 0.724. The number of amides is 1. The van der Waals surface area contributed by atoms with Crippen molar-refractivity contribution in [1.82, 2.24) is 5.32 Å². The van der Waals surface area contributed by atoms with Crippen molar-refractivity contribution in [2.75, 3.05) is 6.61 Å². The van der Waals surface area contributed by atoms with E-state index in [-0.39, 0.29) is 0 Å². The Morgan fingerprint density at radius 3 is 2.74 bits per heavy atom. The van der Waals surface area contributed by atoms with Crippen LogP contribution in [0.2, 0.25) is 0 Å². The van der Waals surface area contributed by atoms with Crippen LogP contribution < -0.4 is 5.32 Å². The summed E-state index contributed by atoms with van der Waals surface area (Å²) in [6, 6.07) is 0.617. The van der Waals surface area contributed by atoms with Gasteiger partial charge in [0.2, 0.25) is 0 Å². The van der Waals surface area contributed by atoms with E-state index in [0.717, 1.165) is 25.7 Å². The number of aliphatic hydroxyl groups excluding tert-OH is 1. The summed E-state index contributed by atoms with van der Waals surface area (Å²) in [7, 11) is 0. The third kappa shape index (κ3) is 3.33. The molecule has 0 saturated carbocycles. The van der Waals surface area contributed by atoms with Crippen LogP contribution in [0.15, 0.2) is 6.07 Å². The van der Waals surface area contributed by atoms with E-state index in [2.05, 4.69) is 5.32 Å². The highest BCUT2D eigenvalue weighted by molar-refractivity contribution is 7.14. The third-order valence-electron chi connectivity index (χ3n) is 3.26. The van der Waals surface area contributed by atoms with Gasteiger partial charge < -0.3 is 15.5 Å². The van der Waals surface area contributed by atoms with Crippen molar-refractivity contribution < 1.29 is 19.8 Å². The average molecular weight is 283 g/mol. The second kappa shape index (κ2) is 6.16. The van der Waals surface area contributed by atoms with Crippen LogP contribution in [0, 0.1) is 0 Å². The molecule has 0 aliphatic heterocycles. The highest BCUT2D eigenvalue weighted by atomic mass is 32.1. The lowest BCUT2D eigenvalue weighted by Crippen LogP contribution is -2.43. The number of carboxylic acid groups (broad SMARTS) is 1. The number of carbonyl (C=O) groups is 2. The molecule has 2 rings (SSSR count). The zero-order valence-electron chi connectivity index (χ0n) is 10.5. The molecule has 0 radical (unpaired) electrons. The lowest BCUT2D eigenvalue weighted by Gasteiger charge is -2.10. The third-order valence-corrected chi connectivity index (χ3v) is 4.49. The van der Waals surface area contributed by atoms with Gasteiger partial charge in [-0.25, -0.2) is 4.79 Å². The molecule has 104 valence electrons. The number of nitrogens with one attached hydrogen (secondary N) is 1. The topological polar surface area (TPSA) is 86.6 Å². The molecular formula is C13H17NO4S. The molecule has 0 fully saturated rings. The van der Waals surface area contributed by atoms with Crippen LogP contribution in [0.3, 0.4) is 0 Å². The SMILES string of the molecule is O=C(NC(CO)C(=O)O)c1cc2c(s1)CCCCC2. The van der Waals surface area contributed by atoms with Crippen molar-refractivity contribution in [3.63, 3.8) is 0 Å². The molecule has 1 aromatic heterocycles. The Balaban J connectivity index is 2.09. The number of aliphatic carboxylic acids is 1. The van der Waals surface area contributed by atoms with E-state index in [1.165, 1.54) is 28.2 Å². The van der Waals surface area contributed by atoms with Crippen molar-refractivity contribution in [2.24, 2.45) is 0 Å². The number of hydrogen-bond donors (Lipinski definition) is 3. The fraction of sp³-hybridized carbons (Fsp3) is 0.538. The van der Waals surface area contributed by atoms with Crippen LogP contribution in [-0.4, -0.2) is 34.7 Å². The van der Waals surface area contributed by atoms with Gasteiger partial charge in [0, 0.05) is 4.88 Å². The first kappa shape index (κ1) is 14.0. The summed E-state index contributed by atoms with van der Waals surface area (Å²) in [5.41, 5.74) is 1.21. The van der Waals surface area contributed by atoms with Gasteiger partial charge in [-0.2, -0.15) is 0 Å². The molecule has 1 aliphatic carbocycles. The van der Waals surface area contributed by atoms with Gasteiger partial charge in [0.05, 0.1) is 11.5 Å². The van der Waals surface area contributed by atoms with Gasteiger partial charge in [0.25, 0.3) is 5.91 Å². The first-order valence-corrected chi connectivity index (χ1v) is 7.19. The Bertz CT molecular complexity index is 459. The maximum Gasteiger partial charge on any atom is 0.328 e. The number of aryl methyl sites for hydroxylation is 2. The number of carboxylic acids is 1. The second-order valence-electron chi connectivity index (χ2n) is 4.67. The molecule has 0 spiro atoms. The van der Waals surface area contributed by atoms with Crippen molar-refractivity contribution >= 4 is 23.2 Å². The zero-order valence-corrected chi connectivity index (χ0v) is 11.3. The predicted molar refractivity (Wildman–Crippen MR) is 71.6 cm³/mol. The lowest BCUT2D eigenvalue weighted by molar-refractivity contribution is -0.140. The largest absolute Gasteiger partial charge is 0.480 e. The first-order valence-electron chi connectivity index (χ1n) is 6.38. The van der Waals surface area contributed by atoms with Gasteiger partial charge in [0.1, 0.15) is 0 Å². The molecule has 3 N–H and O–H groups in total. The maximum atomic E-state index is 11.9. The van der Waals surface area contributed by atoms with Gasteiger partial charge in [-0.15, -0.1) is 11.3 Å². The van der Waals surface area contributed by atoms with E-state index in [4.69, 9.17) is 10.2 Å². The summed E-state index contributed by atoms with van der Waals surface area (Å²) in [5.74, 6) is -1.64. The molecule has 1 amide bonds. The molecule has 0 aromatic carbocycles. The molecule has 1 unspecified atom stereocenters. The predicted octanol–water partition coefficient (Wildman–Crippen LogP) is 1.19. The minimum atomic E-state index is -1.24. The lowest BCUT2D eigenvalue weighted by atomic mass is 10.1. The smallest absolute Gasteiger partial charge is 0.328 e. The molecule has 19 heavy (non-hydrogen) atoms. The van der Waals surface area contributed by atoms with Crippen molar-refractivity contribution in [3.05, 3.63) is 21.4 Å². The molecule has 0 bridgehead atoms. The van der Waals surface area contributed by atoms with Crippen LogP contribution in [0.4, 0.5) is 0 Å². The van der Waals surface area contributed by atoms with Gasteiger partial charge >= 0.3 is 5.97 Å². The molecule has 1 aromatic rings. The number of rotatable bonds is 4. The highest BCUT2D eigenvalue weighted by Crippen LogP contribution is 2.28. The fourth-order valence-corrected chi connectivity index (χ4v) is 3.35. The van der Waals surface area contributed by atoms with Crippen molar-refractivity contribution in [3.8, 4) is 0 Å². The molecule has 5 nitrogen and oxygen atoms in total. The molecule has 6 heteroatoms. The summed E-state index contributed by atoms with van der Waals surface area (Å²) >= 11 is 1.43. The number of fused-ring (bicyclic) bond motifs is 1. The van der Waals surface area contributed by atoms with E-state index in [9.17, 15) is 9.59 Å². The molecule has 1 heterocycles. The van der Waals surface area contributed by atoms with E-state index in [0.29, 0.717) is 4.88 Å². The normalized spacial score (nSPS) is 16.3. The summed E-state index contributed by atoms with van der Waals surface area (Å²) in [5, 5.41) is 20.0. The summed E-state index contributed by atoms with van der Waals surface area (Å²) in [6.45, 7) is -0.605.